The van der Waals surface area contributed by atoms with E-state index in [1.54, 1.807) is 0 Å². The van der Waals surface area contributed by atoms with Crippen molar-refractivity contribution in [2.75, 3.05) is 13.1 Å². The van der Waals surface area contributed by atoms with Crippen LogP contribution in [-0.4, -0.2) is 99.9 Å². The Morgan fingerprint density at radius 3 is 1.29 bits per heavy atom. The summed E-state index contributed by atoms with van der Waals surface area (Å²) in [5, 5.41) is 0.571. The molecule has 0 unspecified atom stereocenters. The maximum atomic E-state index is 12.2. The topological polar surface area (TPSA) is 236 Å². The quantitative estimate of drug-likeness (QED) is 0.283. The molecule has 19 heteroatoms. The zero-order valence-electron chi connectivity index (χ0n) is 27.4. The number of hydrogen-bond acceptors (Lipinski definition) is 14. The number of nitrogens with zero attached hydrogens (tertiary/aromatic N) is 4. The van der Waals surface area contributed by atoms with Gasteiger partial charge in [-0.25, -0.2) is 4.79 Å². The standard InChI is InChI=1S/C16H18N2O8S.C16H18N2O6/c19-12-5-6-13(20)17(12)9-10-1-3-11(4-2-10)16(23)26-27(24,25)18-14(21)7-8-15(18)22;19-12-5-6-13(20)17(12)9-10-1-3-11(4-2-10)16(23)24-18-14(21)7-8-15(18)22/h5-6,10-11H,1-4,7-9H2;5-6,10-11H,1-4,7-9H2. The Bertz CT molecular complexity index is 1650. The molecule has 8 amide bonds. The number of imide groups is 4. The smallest absolute Gasteiger partial charge is 0.330 e. The van der Waals surface area contributed by atoms with E-state index in [1.807, 2.05) is 0 Å². The van der Waals surface area contributed by atoms with Crippen molar-refractivity contribution in [2.24, 2.45) is 23.7 Å². The number of amides is 8. The summed E-state index contributed by atoms with van der Waals surface area (Å²) >= 11 is 0. The predicted molar refractivity (Wildman–Crippen MR) is 166 cm³/mol. The molecule has 4 heterocycles. The van der Waals surface area contributed by atoms with Gasteiger partial charge in [0.05, 0.1) is 11.8 Å². The SMILES string of the molecule is O=C(ON1C(=O)CCC1=O)C1CCC(CN2C(=O)C=CC2=O)CC1.O=C(OS(=O)(=O)N1C(=O)CCC1=O)C1CCC(CN2C(=O)C=CC2=O)CC1. The van der Waals surface area contributed by atoms with E-state index in [-0.39, 0.29) is 77.9 Å². The van der Waals surface area contributed by atoms with E-state index in [2.05, 4.69) is 4.18 Å². The zero-order valence-corrected chi connectivity index (χ0v) is 28.2. The first kappa shape index (κ1) is 37.2. The van der Waals surface area contributed by atoms with Gasteiger partial charge < -0.3 is 9.02 Å². The Morgan fingerprint density at radius 2 is 0.902 bits per heavy atom. The maximum Gasteiger partial charge on any atom is 0.421 e. The summed E-state index contributed by atoms with van der Waals surface area (Å²) in [5.41, 5.74) is 0. The lowest BCUT2D eigenvalue weighted by molar-refractivity contribution is -0.201. The lowest BCUT2D eigenvalue weighted by Crippen LogP contribution is -2.40. The van der Waals surface area contributed by atoms with Gasteiger partial charge in [-0.15, -0.1) is 9.37 Å². The third kappa shape index (κ3) is 8.63. The Balaban J connectivity index is 0.000000199. The van der Waals surface area contributed by atoms with Crippen LogP contribution in [0.2, 0.25) is 0 Å². The second kappa shape index (κ2) is 15.4. The van der Waals surface area contributed by atoms with Crippen LogP contribution in [0.15, 0.2) is 24.3 Å². The molecule has 2 aliphatic carbocycles. The fourth-order valence-corrected chi connectivity index (χ4v) is 7.84. The molecule has 0 N–H and O–H groups in total. The average Bonchev–Trinajstić information content (AvgIpc) is 3.81. The number of carbonyl (C=O) groups is 10. The first-order valence-electron chi connectivity index (χ1n) is 16.6. The van der Waals surface area contributed by atoms with Crippen molar-refractivity contribution in [1.82, 2.24) is 19.2 Å². The van der Waals surface area contributed by atoms with Crippen molar-refractivity contribution < 1.29 is 65.4 Å². The molecule has 274 valence electrons. The van der Waals surface area contributed by atoms with Gasteiger partial charge in [-0.05, 0) is 63.2 Å². The first-order valence-corrected chi connectivity index (χ1v) is 18.0. The molecule has 2 saturated heterocycles. The van der Waals surface area contributed by atoms with Crippen LogP contribution in [-0.2, 0) is 67.3 Å². The summed E-state index contributed by atoms with van der Waals surface area (Å²) in [7, 11) is -4.77. The molecule has 0 atom stereocenters. The molecule has 0 aromatic heterocycles. The van der Waals surface area contributed by atoms with E-state index in [4.69, 9.17) is 4.84 Å². The molecular formula is C32H36N4O14S. The number of hydrogen-bond donors (Lipinski definition) is 0. The summed E-state index contributed by atoms with van der Waals surface area (Å²) in [5.74, 6) is -6.59. The molecule has 0 aromatic rings. The Morgan fingerprint density at radius 1 is 0.549 bits per heavy atom. The summed E-state index contributed by atoms with van der Waals surface area (Å²) < 4.78 is 28.6. The van der Waals surface area contributed by atoms with Crippen molar-refractivity contribution in [3.8, 4) is 0 Å². The second-order valence-corrected chi connectivity index (χ2v) is 14.5. The zero-order chi connectivity index (χ0) is 37.0. The molecular weight excluding hydrogens is 696 g/mol. The highest BCUT2D eigenvalue weighted by molar-refractivity contribution is 7.86. The molecule has 0 spiro atoms. The number of rotatable bonds is 9. The van der Waals surface area contributed by atoms with Crippen LogP contribution in [0.5, 0.6) is 0 Å². The normalized spacial score (nSPS) is 26.7. The molecule has 4 fully saturated rings. The first-order chi connectivity index (χ1) is 24.1. The molecule has 0 bridgehead atoms. The van der Waals surface area contributed by atoms with Crippen molar-refractivity contribution in [3.63, 3.8) is 0 Å². The molecule has 18 nitrogen and oxygen atoms in total. The van der Waals surface area contributed by atoms with Crippen molar-refractivity contribution >= 4 is 69.5 Å². The van der Waals surface area contributed by atoms with Gasteiger partial charge in [-0.3, -0.25) is 53.0 Å². The molecule has 6 aliphatic rings. The van der Waals surface area contributed by atoms with E-state index >= 15 is 0 Å². The summed E-state index contributed by atoms with van der Waals surface area (Å²) in [4.78, 5) is 124. The van der Waals surface area contributed by atoms with Crippen LogP contribution < -0.4 is 0 Å². The van der Waals surface area contributed by atoms with Gasteiger partial charge in [0.2, 0.25) is 11.8 Å². The minimum absolute atomic E-state index is 0.00806. The molecule has 51 heavy (non-hydrogen) atoms. The van der Waals surface area contributed by atoms with Crippen LogP contribution >= 0.6 is 0 Å². The minimum atomic E-state index is -4.77. The van der Waals surface area contributed by atoms with E-state index in [9.17, 15) is 56.4 Å². The monoisotopic (exact) mass is 732 g/mol. The highest BCUT2D eigenvalue weighted by Crippen LogP contribution is 2.33. The third-order valence-corrected chi connectivity index (χ3v) is 10.9. The number of hydroxylamine groups is 2. The van der Waals surface area contributed by atoms with Crippen molar-refractivity contribution in [1.29, 1.82) is 0 Å². The van der Waals surface area contributed by atoms with E-state index in [0.717, 1.165) is 4.90 Å². The predicted octanol–water partition coefficient (Wildman–Crippen LogP) is -0.0202. The van der Waals surface area contributed by atoms with Gasteiger partial charge in [-0.1, -0.05) is 0 Å². The highest BCUT2D eigenvalue weighted by atomic mass is 32.2. The summed E-state index contributed by atoms with van der Waals surface area (Å²) in [6.07, 6.45) is 8.73. The molecule has 0 radical (unpaired) electrons. The summed E-state index contributed by atoms with van der Waals surface area (Å²) in [6.45, 7) is 0.608. The van der Waals surface area contributed by atoms with Gasteiger partial charge in [-0.2, -0.15) is 8.42 Å². The van der Waals surface area contributed by atoms with Gasteiger partial charge in [0.15, 0.2) is 0 Å². The number of carbonyl (C=O) groups excluding carboxylic acids is 10. The van der Waals surface area contributed by atoms with Gasteiger partial charge in [0, 0.05) is 63.1 Å². The fourth-order valence-electron chi connectivity index (χ4n) is 6.74. The van der Waals surface area contributed by atoms with Crippen LogP contribution in [0.4, 0.5) is 0 Å². The fraction of sp³-hybridized carbons (Fsp3) is 0.562. The summed E-state index contributed by atoms with van der Waals surface area (Å²) in [6, 6.07) is 0. The Labute approximate surface area is 291 Å². The lowest BCUT2D eigenvalue weighted by atomic mass is 9.82. The van der Waals surface area contributed by atoms with Gasteiger partial charge in [0.1, 0.15) is 0 Å². The molecule has 6 rings (SSSR count). The molecule has 0 aromatic carbocycles. The maximum absolute atomic E-state index is 12.2. The third-order valence-electron chi connectivity index (χ3n) is 9.65. The van der Waals surface area contributed by atoms with Gasteiger partial charge >= 0.3 is 22.2 Å². The van der Waals surface area contributed by atoms with E-state index in [1.165, 1.54) is 29.2 Å². The Kier molecular flexibility index (Phi) is 11.3. The Hall–Kier alpha value is -5.07. The molecule has 2 saturated carbocycles. The van der Waals surface area contributed by atoms with Crippen molar-refractivity contribution in [3.05, 3.63) is 24.3 Å². The highest BCUT2D eigenvalue weighted by Gasteiger charge is 2.43. The van der Waals surface area contributed by atoms with Crippen LogP contribution in [0, 0.1) is 23.7 Å². The largest absolute Gasteiger partial charge is 0.421 e. The van der Waals surface area contributed by atoms with Gasteiger partial charge in [0.25, 0.3) is 35.4 Å². The van der Waals surface area contributed by atoms with Crippen LogP contribution in [0.3, 0.4) is 0 Å². The van der Waals surface area contributed by atoms with Crippen LogP contribution in [0.1, 0.15) is 77.0 Å². The van der Waals surface area contributed by atoms with Crippen molar-refractivity contribution in [2.45, 2.75) is 77.0 Å². The van der Waals surface area contributed by atoms with E-state index in [0.29, 0.717) is 63.0 Å². The van der Waals surface area contributed by atoms with Crippen LogP contribution in [0.25, 0.3) is 0 Å². The second-order valence-electron chi connectivity index (χ2n) is 13.1. The average molecular weight is 733 g/mol. The van der Waals surface area contributed by atoms with E-state index < -0.39 is 51.8 Å². The lowest BCUT2D eigenvalue weighted by Gasteiger charge is -2.29. The minimum Gasteiger partial charge on any atom is -0.330 e. The molecule has 4 aliphatic heterocycles.